The van der Waals surface area contributed by atoms with Gasteiger partial charge in [-0.3, -0.25) is 4.79 Å². The maximum absolute atomic E-state index is 13.2. The van der Waals surface area contributed by atoms with Crippen LogP contribution in [0.5, 0.6) is 0 Å². The van der Waals surface area contributed by atoms with Gasteiger partial charge in [0, 0.05) is 26.7 Å². The Morgan fingerprint density at radius 2 is 1.92 bits per heavy atom. The van der Waals surface area contributed by atoms with Gasteiger partial charge in [-0.25, -0.2) is 9.18 Å². The number of hydrogen-bond acceptors (Lipinski definition) is 3. The van der Waals surface area contributed by atoms with E-state index in [0.29, 0.717) is 31.1 Å². The molecule has 2 rings (SSSR count). The number of ether oxygens (including phenoxy) is 1. The molecule has 6 heteroatoms. The first-order valence-corrected chi connectivity index (χ1v) is 9.10. The molecule has 0 saturated carbocycles. The van der Waals surface area contributed by atoms with Crippen LogP contribution < -0.4 is 0 Å². The highest BCUT2D eigenvalue weighted by atomic mass is 19.1. The molecule has 0 bridgehead atoms. The monoisotopic (exact) mass is 364 g/mol. The third-order valence-corrected chi connectivity index (χ3v) is 4.47. The number of rotatable bonds is 4. The molecule has 144 valence electrons. The van der Waals surface area contributed by atoms with Crippen LogP contribution in [-0.4, -0.2) is 54.1 Å². The molecule has 0 radical (unpaired) electrons. The minimum atomic E-state index is -0.489. The first kappa shape index (κ1) is 20.2. The second-order valence-electron chi connectivity index (χ2n) is 7.99. The first-order chi connectivity index (χ1) is 12.1. The summed E-state index contributed by atoms with van der Waals surface area (Å²) >= 11 is 0. The molecule has 26 heavy (non-hydrogen) atoms. The van der Waals surface area contributed by atoms with Crippen LogP contribution in [0.3, 0.4) is 0 Å². The van der Waals surface area contributed by atoms with Crippen molar-refractivity contribution in [3.8, 4) is 0 Å². The summed E-state index contributed by atoms with van der Waals surface area (Å²) < 4.78 is 18.6. The van der Waals surface area contributed by atoms with Crippen LogP contribution in [0, 0.1) is 11.7 Å². The quantitative estimate of drug-likeness (QED) is 0.822. The van der Waals surface area contributed by atoms with Gasteiger partial charge in [-0.15, -0.1) is 0 Å². The third kappa shape index (κ3) is 6.32. The Kier molecular flexibility index (Phi) is 6.62. The fourth-order valence-corrected chi connectivity index (χ4v) is 3.07. The molecule has 1 aromatic rings. The van der Waals surface area contributed by atoms with Gasteiger partial charge in [0.25, 0.3) is 0 Å². The van der Waals surface area contributed by atoms with Crippen LogP contribution >= 0.6 is 0 Å². The van der Waals surface area contributed by atoms with Gasteiger partial charge in [-0.2, -0.15) is 0 Å². The zero-order valence-corrected chi connectivity index (χ0v) is 16.1. The maximum atomic E-state index is 13.2. The average Bonchev–Trinajstić information content (AvgIpc) is 2.53. The van der Waals surface area contributed by atoms with E-state index in [9.17, 15) is 14.0 Å². The van der Waals surface area contributed by atoms with Crippen molar-refractivity contribution in [2.24, 2.45) is 5.92 Å². The first-order valence-electron chi connectivity index (χ1n) is 9.10. The number of amides is 2. The average molecular weight is 364 g/mol. The van der Waals surface area contributed by atoms with Gasteiger partial charge in [0.1, 0.15) is 11.4 Å². The van der Waals surface area contributed by atoms with E-state index < -0.39 is 5.60 Å². The number of halogens is 1. The van der Waals surface area contributed by atoms with Crippen LogP contribution in [0.15, 0.2) is 24.3 Å². The molecule has 5 nitrogen and oxygen atoms in total. The van der Waals surface area contributed by atoms with Gasteiger partial charge in [0.15, 0.2) is 0 Å². The summed E-state index contributed by atoms with van der Waals surface area (Å²) in [6.07, 6.45) is 1.62. The molecular weight excluding hydrogens is 335 g/mol. The van der Waals surface area contributed by atoms with Gasteiger partial charge >= 0.3 is 6.09 Å². The lowest BCUT2D eigenvalue weighted by Gasteiger charge is -2.34. The normalized spacial score (nSPS) is 15.7. The SMILES string of the molecule is CN(CC1CCN(C(=O)OC(C)(C)C)CC1)C(=O)Cc1cccc(F)c1. The smallest absolute Gasteiger partial charge is 0.410 e. The fraction of sp³-hybridized carbons (Fsp3) is 0.600. The lowest BCUT2D eigenvalue weighted by molar-refractivity contribution is -0.130. The predicted molar refractivity (Wildman–Crippen MR) is 98.3 cm³/mol. The van der Waals surface area contributed by atoms with Gasteiger partial charge in [0.2, 0.25) is 5.91 Å². The molecule has 0 atom stereocenters. The Hall–Kier alpha value is -2.11. The molecule has 1 fully saturated rings. The van der Waals surface area contributed by atoms with E-state index in [1.807, 2.05) is 20.8 Å². The van der Waals surface area contributed by atoms with E-state index >= 15 is 0 Å². The molecule has 0 aliphatic carbocycles. The minimum Gasteiger partial charge on any atom is -0.444 e. The molecule has 0 spiro atoms. The van der Waals surface area contributed by atoms with Crippen molar-refractivity contribution in [2.75, 3.05) is 26.7 Å². The van der Waals surface area contributed by atoms with E-state index in [4.69, 9.17) is 4.74 Å². The van der Waals surface area contributed by atoms with Gasteiger partial charge in [-0.1, -0.05) is 12.1 Å². The van der Waals surface area contributed by atoms with Crippen molar-refractivity contribution < 1.29 is 18.7 Å². The lowest BCUT2D eigenvalue weighted by Crippen LogP contribution is -2.44. The lowest BCUT2D eigenvalue weighted by atomic mass is 9.96. The largest absolute Gasteiger partial charge is 0.444 e. The van der Waals surface area contributed by atoms with Crippen molar-refractivity contribution in [1.82, 2.24) is 9.80 Å². The molecule has 0 N–H and O–H groups in total. The highest BCUT2D eigenvalue weighted by molar-refractivity contribution is 5.78. The Morgan fingerprint density at radius 1 is 1.27 bits per heavy atom. The maximum Gasteiger partial charge on any atom is 0.410 e. The van der Waals surface area contributed by atoms with Crippen molar-refractivity contribution in [1.29, 1.82) is 0 Å². The van der Waals surface area contributed by atoms with Crippen LogP contribution in [0.25, 0.3) is 0 Å². The van der Waals surface area contributed by atoms with Crippen molar-refractivity contribution >= 4 is 12.0 Å². The summed E-state index contributed by atoms with van der Waals surface area (Å²) in [5, 5.41) is 0. The molecular formula is C20H29FN2O3. The molecule has 1 aromatic carbocycles. The van der Waals surface area contributed by atoms with Gasteiger partial charge in [0.05, 0.1) is 6.42 Å². The summed E-state index contributed by atoms with van der Waals surface area (Å²) in [5.41, 5.74) is 0.193. The van der Waals surface area contributed by atoms with Crippen molar-refractivity contribution in [3.63, 3.8) is 0 Å². The minimum absolute atomic E-state index is 0.0230. The highest BCUT2D eigenvalue weighted by Crippen LogP contribution is 2.20. The van der Waals surface area contributed by atoms with E-state index in [-0.39, 0.29) is 24.2 Å². The molecule has 1 saturated heterocycles. The molecule has 2 amide bonds. The van der Waals surface area contributed by atoms with Crippen molar-refractivity contribution in [3.05, 3.63) is 35.6 Å². The zero-order valence-electron chi connectivity index (χ0n) is 16.1. The van der Waals surface area contributed by atoms with Crippen LogP contribution in [0.2, 0.25) is 0 Å². The Bertz CT molecular complexity index is 634. The van der Waals surface area contributed by atoms with Crippen LogP contribution in [-0.2, 0) is 16.0 Å². The fourth-order valence-electron chi connectivity index (χ4n) is 3.07. The molecule has 1 aliphatic heterocycles. The second kappa shape index (κ2) is 8.52. The number of benzene rings is 1. The summed E-state index contributed by atoms with van der Waals surface area (Å²) in [7, 11) is 1.78. The highest BCUT2D eigenvalue weighted by Gasteiger charge is 2.27. The van der Waals surface area contributed by atoms with Crippen molar-refractivity contribution in [2.45, 2.75) is 45.6 Å². The topological polar surface area (TPSA) is 49.9 Å². The number of nitrogens with zero attached hydrogens (tertiary/aromatic N) is 2. The zero-order chi connectivity index (χ0) is 19.3. The number of likely N-dealkylation sites (tertiary alicyclic amines) is 1. The summed E-state index contributed by atoms with van der Waals surface area (Å²) in [5.74, 6) is 0.00721. The number of carbonyl (C=O) groups is 2. The van der Waals surface area contributed by atoms with E-state index in [1.165, 1.54) is 12.1 Å². The number of hydrogen-bond donors (Lipinski definition) is 0. The second-order valence-corrected chi connectivity index (χ2v) is 7.99. The summed E-state index contributed by atoms with van der Waals surface area (Å²) in [4.78, 5) is 27.9. The van der Waals surface area contributed by atoms with Crippen LogP contribution in [0.1, 0.15) is 39.2 Å². The molecule has 0 unspecified atom stereocenters. The van der Waals surface area contributed by atoms with Crippen LogP contribution in [0.4, 0.5) is 9.18 Å². The third-order valence-electron chi connectivity index (χ3n) is 4.47. The molecule has 0 aromatic heterocycles. The van der Waals surface area contributed by atoms with E-state index in [2.05, 4.69) is 0 Å². The Balaban J connectivity index is 1.77. The Morgan fingerprint density at radius 3 is 2.50 bits per heavy atom. The van der Waals surface area contributed by atoms with Gasteiger partial charge < -0.3 is 14.5 Å². The molecule has 1 heterocycles. The summed E-state index contributed by atoms with van der Waals surface area (Å²) in [6.45, 7) is 7.51. The van der Waals surface area contributed by atoms with E-state index in [1.54, 1.807) is 29.0 Å². The Labute approximate surface area is 155 Å². The number of piperidine rings is 1. The standard InChI is InChI=1S/C20H29FN2O3/c1-20(2,3)26-19(25)23-10-8-15(9-11-23)14-22(4)18(24)13-16-6-5-7-17(21)12-16/h5-7,12,15H,8-11,13-14H2,1-4H3. The molecule has 1 aliphatic rings. The number of carbonyl (C=O) groups excluding carboxylic acids is 2. The van der Waals surface area contributed by atoms with E-state index in [0.717, 1.165) is 12.8 Å². The number of likely N-dealkylation sites (N-methyl/N-ethyl adjacent to an activating group) is 1. The predicted octanol–water partition coefficient (Wildman–Crippen LogP) is 3.47. The van der Waals surface area contributed by atoms with Gasteiger partial charge in [-0.05, 0) is 57.2 Å². The summed E-state index contributed by atoms with van der Waals surface area (Å²) in [6, 6.07) is 6.14.